The van der Waals surface area contributed by atoms with E-state index in [0.717, 1.165) is 47.6 Å². The first kappa shape index (κ1) is 23.5. The number of amides is 2. The van der Waals surface area contributed by atoms with E-state index >= 15 is 0 Å². The first-order chi connectivity index (χ1) is 16.2. The second-order valence-corrected chi connectivity index (χ2v) is 11.0. The third kappa shape index (κ3) is 5.48. The molecule has 172 valence electrons. The van der Waals surface area contributed by atoms with Gasteiger partial charge in [0.2, 0.25) is 0 Å². The Kier molecular flexibility index (Phi) is 8.19. The molecule has 3 aromatic carbocycles. The summed E-state index contributed by atoms with van der Waals surface area (Å²) in [5.41, 5.74) is 2.28. The van der Waals surface area contributed by atoms with Gasteiger partial charge in [-0.2, -0.15) is 0 Å². The molecule has 1 aliphatic heterocycles. The summed E-state index contributed by atoms with van der Waals surface area (Å²) in [7, 11) is 0. The molecule has 0 unspecified atom stereocenters. The summed E-state index contributed by atoms with van der Waals surface area (Å²) < 4.78 is 1.39. The van der Waals surface area contributed by atoms with E-state index < -0.39 is 0 Å². The molecule has 1 N–H and O–H groups in total. The number of unbranched alkanes of at least 4 members (excludes halogenated alkanes) is 5. The molecule has 0 fully saturated rings. The molecule has 4 rings (SSSR count). The van der Waals surface area contributed by atoms with Gasteiger partial charge in [-0.3, -0.25) is 0 Å². The van der Waals surface area contributed by atoms with Crippen LogP contribution in [0.15, 0.2) is 60.7 Å². The number of carbonyl (C=O) groups excluding carboxylic acids is 2. The average Bonchev–Trinajstić information content (AvgIpc) is 2.85. The molecule has 33 heavy (non-hydrogen) atoms. The van der Waals surface area contributed by atoms with Gasteiger partial charge in [0.1, 0.15) is 0 Å². The molecule has 0 saturated carbocycles. The van der Waals surface area contributed by atoms with Gasteiger partial charge in [0.15, 0.2) is 0 Å². The van der Waals surface area contributed by atoms with Crippen molar-refractivity contribution in [2.24, 2.45) is 0 Å². The second-order valence-electron chi connectivity index (χ2n) is 8.51. The molecule has 0 saturated heterocycles. The Bertz CT molecular complexity index is 1090. The van der Waals surface area contributed by atoms with Gasteiger partial charge in [-0.05, 0) is 0 Å². The molecule has 0 spiro atoms. The normalized spacial score (nSPS) is 13.1. The van der Waals surface area contributed by atoms with Crippen LogP contribution < -0.4 is 9.78 Å². The Morgan fingerprint density at radius 2 is 1.52 bits per heavy atom. The van der Waals surface area contributed by atoms with Crippen LogP contribution in [-0.2, 0) is 0 Å². The number of nitrogens with one attached hydrogen (secondary N) is 1. The van der Waals surface area contributed by atoms with Crippen molar-refractivity contribution in [3.63, 3.8) is 0 Å². The van der Waals surface area contributed by atoms with E-state index in [0.29, 0.717) is 32.6 Å². The number of nitrogens with zero attached hydrogens (tertiary/aromatic N) is 1. The van der Waals surface area contributed by atoms with Crippen LogP contribution in [0, 0.1) is 0 Å². The van der Waals surface area contributed by atoms with E-state index in [2.05, 4.69) is 36.5 Å². The number of rotatable bonds is 12. The van der Waals surface area contributed by atoms with Crippen LogP contribution in [0.5, 0.6) is 0 Å². The summed E-state index contributed by atoms with van der Waals surface area (Å²) in [6.07, 6.45) is 6.78. The molecule has 0 atom stereocenters. The van der Waals surface area contributed by atoms with E-state index in [1.165, 1.54) is 28.6 Å². The zero-order valence-electron chi connectivity index (χ0n) is 19.3. The Balaban J connectivity index is 1.44. The minimum atomic E-state index is -0.156. The van der Waals surface area contributed by atoms with Crippen molar-refractivity contribution in [1.82, 2.24) is 4.90 Å². The average molecular weight is 508 g/mol. The van der Waals surface area contributed by atoms with Gasteiger partial charge in [-0.15, -0.1) is 0 Å². The van der Waals surface area contributed by atoms with Crippen LogP contribution in [0.4, 0.5) is 5.69 Å². The van der Waals surface area contributed by atoms with Gasteiger partial charge >= 0.3 is 171 Å². The monoisotopic (exact) mass is 508 g/mol. The van der Waals surface area contributed by atoms with Crippen molar-refractivity contribution in [2.75, 3.05) is 18.4 Å². The fourth-order valence-electron chi connectivity index (χ4n) is 4.42. The number of benzene rings is 3. The molecule has 0 bridgehead atoms. The molecule has 5 heteroatoms. The molecule has 1 aliphatic rings. The van der Waals surface area contributed by atoms with Gasteiger partial charge in [-0.25, -0.2) is 0 Å². The summed E-state index contributed by atoms with van der Waals surface area (Å²) in [4.78, 5) is 27.8. The Morgan fingerprint density at radius 3 is 2.30 bits per heavy atom. The zero-order chi connectivity index (χ0) is 23.0. The third-order valence-electron chi connectivity index (χ3n) is 6.16. The summed E-state index contributed by atoms with van der Waals surface area (Å²) in [5.74, 6) is -0.313. The van der Waals surface area contributed by atoms with E-state index in [1.807, 2.05) is 36.4 Å². The zero-order valence-corrected chi connectivity index (χ0v) is 21.0. The van der Waals surface area contributed by atoms with E-state index in [1.54, 1.807) is 0 Å². The Hall–Kier alpha value is -2.62. The predicted molar refractivity (Wildman–Crippen MR) is 138 cm³/mol. The van der Waals surface area contributed by atoms with Crippen LogP contribution in [-0.4, -0.2) is 44.8 Å². The molecular weight excluding hydrogens is 475 g/mol. The van der Waals surface area contributed by atoms with E-state index in [4.69, 9.17) is 0 Å². The number of anilines is 1. The maximum atomic E-state index is 13.2. The fourth-order valence-corrected chi connectivity index (χ4v) is 6.08. The van der Waals surface area contributed by atoms with Gasteiger partial charge in [0.25, 0.3) is 0 Å². The van der Waals surface area contributed by atoms with Crippen molar-refractivity contribution < 1.29 is 9.59 Å². The standard InChI is InChI=1S/C28H32N2O2Se/c1-2-3-4-5-6-10-19-30-27(31)23-15-11-14-22-25(17-16-24(26(22)23)28(30)32)29-18-20-33-21-12-8-7-9-13-21/h7-9,11-17,29H,2-6,10,18-20H2,1H3. The van der Waals surface area contributed by atoms with Crippen LogP contribution in [0.25, 0.3) is 10.8 Å². The van der Waals surface area contributed by atoms with E-state index in [9.17, 15) is 9.59 Å². The summed E-state index contributed by atoms with van der Waals surface area (Å²) >= 11 is 0.420. The number of hydrogen-bond donors (Lipinski definition) is 1. The quantitative estimate of drug-likeness (QED) is 0.196. The SMILES string of the molecule is CCCCCCCCN1C(=O)c2cccc3c(NCC[Se]c4ccccc4)ccc(c23)C1=O. The Morgan fingerprint density at radius 1 is 0.788 bits per heavy atom. The second kappa shape index (κ2) is 11.5. The first-order valence-electron chi connectivity index (χ1n) is 12.0. The van der Waals surface area contributed by atoms with Crippen molar-refractivity contribution in [2.45, 2.75) is 50.8 Å². The van der Waals surface area contributed by atoms with E-state index in [-0.39, 0.29) is 11.8 Å². The molecule has 0 radical (unpaired) electrons. The number of hydrogen-bond acceptors (Lipinski definition) is 3. The van der Waals surface area contributed by atoms with Gasteiger partial charge in [-0.1, -0.05) is 32.6 Å². The third-order valence-corrected chi connectivity index (χ3v) is 8.28. The number of carbonyl (C=O) groups is 2. The van der Waals surface area contributed by atoms with Gasteiger partial charge in [0.05, 0.1) is 0 Å². The van der Waals surface area contributed by atoms with Crippen molar-refractivity contribution in [1.29, 1.82) is 0 Å². The van der Waals surface area contributed by atoms with Gasteiger partial charge in [0, 0.05) is 0 Å². The van der Waals surface area contributed by atoms with Crippen LogP contribution in [0.3, 0.4) is 0 Å². The topological polar surface area (TPSA) is 49.4 Å². The van der Waals surface area contributed by atoms with Crippen LogP contribution in [0.1, 0.15) is 66.2 Å². The summed E-state index contributed by atoms with van der Waals surface area (Å²) in [5, 5.41) is 6.37. The molecule has 3 aromatic rings. The molecule has 0 aliphatic carbocycles. The molecule has 2 amide bonds. The molecular formula is C28H32N2O2Se. The Labute approximate surface area is 202 Å². The molecule has 4 nitrogen and oxygen atoms in total. The van der Waals surface area contributed by atoms with Gasteiger partial charge < -0.3 is 0 Å². The maximum absolute atomic E-state index is 13.2. The first-order valence-corrected chi connectivity index (χ1v) is 14.1. The number of imide groups is 1. The van der Waals surface area contributed by atoms with Crippen molar-refractivity contribution in [3.8, 4) is 0 Å². The predicted octanol–water partition coefficient (Wildman–Crippen LogP) is 5.66. The van der Waals surface area contributed by atoms with Crippen LogP contribution >= 0.6 is 0 Å². The van der Waals surface area contributed by atoms with Crippen LogP contribution in [0.2, 0.25) is 5.32 Å². The van der Waals surface area contributed by atoms with Crippen molar-refractivity contribution in [3.05, 3.63) is 71.8 Å². The minimum absolute atomic E-state index is 0.156. The summed E-state index contributed by atoms with van der Waals surface area (Å²) in [6, 6.07) is 20.2. The molecule has 1 heterocycles. The molecule has 0 aromatic heterocycles. The van der Waals surface area contributed by atoms with Crippen molar-refractivity contribution >= 4 is 47.7 Å². The summed E-state index contributed by atoms with van der Waals surface area (Å²) in [6.45, 7) is 3.57. The fraction of sp³-hybridized carbons (Fsp3) is 0.357.